The van der Waals surface area contributed by atoms with Crippen molar-refractivity contribution in [2.75, 3.05) is 0 Å². The van der Waals surface area contributed by atoms with Gasteiger partial charge in [-0.3, -0.25) is 10.1 Å². The first-order valence-electron chi connectivity index (χ1n) is 9.03. The minimum atomic E-state index is -0.454. The van der Waals surface area contributed by atoms with Crippen LogP contribution in [-0.2, 0) is 4.74 Å². The number of nitrogens with zero attached hydrogens (tertiary/aromatic N) is 1. The van der Waals surface area contributed by atoms with E-state index in [1.807, 2.05) is 0 Å². The molecule has 4 bridgehead atoms. The molecule has 4 fully saturated rings. The van der Waals surface area contributed by atoms with Crippen LogP contribution in [0.4, 0.5) is 5.69 Å². The third kappa shape index (κ3) is 1.78. The van der Waals surface area contributed by atoms with Gasteiger partial charge >= 0.3 is 5.97 Å². The van der Waals surface area contributed by atoms with E-state index < -0.39 is 4.92 Å². The zero-order valence-corrected chi connectivity index (χ0v) is 13.5. The first kappa shape index (κ1) is 14.4. The summed E-state index contributed by atoms with van der Waals surface area (Å²) in [5.41, 5.74) is 0.669. The van der Waals surface area contributed by atoms with Crippen molar-refractivity contribution in [3.63, 3.8) is 0 Å². The van der Waals surface area contributed by atoms with Crippen LogP contribution in [-0.4, -0.2) is 17.0 Å². The van der Waals surface area contributed by atoms with Crippen molar-refractivity contribution in [1.29, 1.82) is 0 Å². The molecule has 24 heavy (non-hydrogen) atoms. The lowest BCUT2D eigenvalue weighted by Gasteiger charge is -2.44. The number of benzene rings is 1. The van der Waals surface area contributed by atoms with Gasteiger partial charge in [0.25, 0.3) is 5.69 Å². The number of carbonyl (C=O) groups is 1. The van der Waals surface area contributed by atoms with Gasteiger partial charge in [-0.05, 0) is 74.3 Å². The zero-order valence-electron chi connectivity index (χ0n) is 13.5. The van der Waals surface area contributed by atoms with Crippen molar-refractivity contribution in [2.24, 2.45) is 29.1 Å². The number of hydrogen-bond donors (Lipinski definition) is 0. The van der Waals surface area contributed by atoms with E-state index >= 15 is 0 Å². The molecule has 0 amide bonds. The van der Waals surface area contributed by atoms with Crippen LogP contribution in [0.1, 0.15) is 48.9 Å². The van der Waals surface area contributed by atoms with Crippen LogP contribution >= 0.6 is 0 Å². The van der Waals surface area contributed by atoms with E-state index in [0.29, 0.717) is 5.56 Å². The molecule has 5 heteroatoms. The Morgan fingerprint density at radius 2 is 1.96 bits per heavy atom. The number of esters is 1. The number of non-ortho nitro benzene ring substituents is 1. The summed E-state index contributed by atoms with van der Waals surface area (Å²) in [4.78, 5) is 22.8. The lowest BCUT2D eigenvalue weighted by molar-refractivity contribution is -0.384. The Morgan fingerprint density at radius 1 is 1.17 bits per heavy atom. The van der Waals surface area contributed by atoms with Gasteiger partial charge in [0.2, 0.25) is 0 Å². The SMILES string of the molecule is O=C(O[C@H]1CC2CC3C4CCC(C4)C31C2)c1ccc([N+](=O)[O-])cc1. The summed E-state index contributed by atoms with van der Waals surface area (Å²) in [5, 5.41) is 10.7. The third-order valence-corrected chi connectivity index (χ3v) is 7.43. The number of fused-ring (bicyclic) bond motifs is 4. The molecule has 4 saturated carbocycles. The van der Waals surface area contributed by atoms with Gasteiger partial charge in [0.05, 0.1) is 10.5 Å². The summed E-state index contributed by atoms with van der Waals surface area (Å²) in [6.07, 6.45) is 7.66. The van der Waals surface area contributed by atoms with Gasteiger partial charge in [-0.15, -0.1) is 0 Å². The van der Waals surface area contributed by atoms with Gasteiger partial charge < -0.3 is 4.74 Å². The van der Waals surface area contributed by atoms with Gasteiger partial charge in [0.1, 0.15) is 6.10 Å². The fraction of sp³-hybridized carbons (Fsp3) is 0.632. The van der Waals surface area contributed by atoms with Crippen molar-refractivity contribution in [2.45, 2.75) is 44.6 Å². The highest BCUT2D eigenvalue weighted by atomic mass is 16.6. The topological polar surface area (TPSA) is 69.4 Å². The zero-order chi connectivity index (χ0) is 16.5. The summed E-state index contributed by atoms with van der Waals surface area (Å²) in [6.45, 7) is 0. The van der Waals surface area contributed by atoms with Crippen LogP contribution in [0.3, 0.4) is 0 Å². The smallest absolute Gasteiger partial charge is 0.338 e. The van der Waals surface area contributed by atoms with Gasteiger partial charge in [-0.25, -0.2) is 4.79 Å². The molecule has 4 aliphatic rings. The quantitative estimate of drug-likeness (QED) is 0.478. The molecule has 0 heterocycles. The standard InChI is InChI=1S/C19H21NO4/c21-18(12-2-5-15(6-3-12)20(22)23)24-17-8-11-7-16-13-1-4-14(9-13)19(16,17)10-11/h2-3,5-6,11,13-14,16-17H,1,4,7-10H2/t11?,13?,14?,16?,17-,19?/m0/s1. The van der Waals surface area contributed by atoms with Crippen molar-refractivity contribution in [3.8, 4) is 0 Å². The maximum atomic E-state index is 12.6. The minimum Gasteiger partial charge on any atom is -0.458 e. The maximum absolute atomic E-state index is 12.6. The normalized spacial score (nSPS) is 41.4. The van der Waals surface area contributed by atoms with Crippen LogP contribution in [0.2, 0.25) is 0 Å². The van der Waals surface area contributed by atoms with E-state index in [0.717, 1.165) is 30.1 Å². The molecule has 4 aliphatic carbocycles. The Kier molecular flexibility index (Phi) is 2.89. The van der Waals surface area contributed by atoms with E-state index in [4.69, 9.17) is 4.74 Å². The molecule has 5 unspecified atom stereocenters. The summed E-state index contributed by atoms with van der Waals surface area (Å²) in [7, 11) is 0. The minimum absolute atomic E-state index is 0.00164. The van der Waals surface area contributed by atoms with E-state index in [1.165, 1.54) is 56.4 Å². The van der Waals surface area contributed by atoms with Crippen molar-refractivity contribution >= 4 is 11.7 Å². The molecule has 0 aliphatic heterocycles. The molecule has 1 aromatic rings. The van der Waals surface area contributed by atoms with Crippen LogP contribution < -0.4 is 0 Å². The fourth-order valence-electron chi connectivity index (χ4n) is 6.69. The molecule has 1 spiro atoms. The summed E-state index contributed by atoms with van der Waals surface area (Å²) >= 11 is 0. The number of hydrogen-bond acceptors (Lipinski definition) is 4. The number of nitro groups is 1. The Bertz CT molecular complexity index is 715. The van der Waals surface area contributed by atoms with Crippen molar-refractivity contribution < 1.29 is 14.5 Å². The molecule has 0 radical (unpaired) electrons. The highest BCUT2D eigenvalue weighted by molar-refractivity contribution is 5.89. The first-order chi connectivity index (χ1) is 11.6. The second-order valence-electron chi connectivity index (χ2n) is 8.23. The average Bonchev–Trinajstić information content (AvgIpc) is 3.31. The third-order valence-electron chi connectivity index (χ3n) is 7.43. The molecule has 0 aromatic heterocycles. The van der Waals surface area contributed by atoms with Crippen LogP contribution in [0.5, 0.6) is 0 Å². The molecular weight excluding hydrogens is 306 g/mol. The lowest BCUT2D eigenvalue weighted by atomic mass is 9.64. The largest absolute Gasteiger partial charge is 0.458 e. The Morgan fingerprint density at radius 3 is 2.71 bits per heavy atom. The van der Waals surface area contributed by atoms with Crippen molar-refractivity contribution in [3.05, 3.63) is 39.9 Å². The Hall–Kier alpha value is -1.91. The van der Waals surface area contributed by atoms with Crippen LogP contribution in [0.15, 0.2) is 24.3 Å². The molecule has 5 rings (SSSR count). The van der Waals surface area contributed by atoms with E-state index in [2.05, 4.69) is 0 Å². The molecular formula is C19H21NO4. The second kappa shape index (κ2) is 4.80. The first-order valence-corrected chi connectivity index (χ1v) is 9.03. The molecule has 6 atom stereocenters. The summed E-state index contributed by atoms with van der Waals surface area (Å²) < 4.78 is 5.98. The van der Waals surface area contributed by atoms with Gasteiger partial charge in [-0.2, -0.15) is 0 Å². The Labute approximate surface area is 140 Å². The second-order valence-corrected chi connectivity index (χ2v) is 8.23. The molecule has 5 nitrogen and oxygen atoms in total. The molecule has 0 saturated heterocycles. The summed E-state index contributed by atoms with van der Waals surface area (Å²) in [5.74, 6) is 2.78. The highest BCUT2D eigenvalue weighted by Gasteiger charge is 2.69. The molecule has 0 N–H and O–H groups in total. The lowest BCUT2D eigenvalue weighted by Crippen LogP contribution is -2.44. The predicted octanol–water partition coefficient (Wildman–Crippen LogP) is 3.97. The average molecular weight is 327 g/mol. The molecule has 1 aromatic carbocycles. The van der Waals surface area contributed by atoms with E-state index in [9.17, 15) is 14.9 Å². The Balaban J connectivity index is 1.36. The fourth-order valence-corrected chi connectivity index (χ4v) is 6.69. The van der Waals surface area contributed by atoms with Crippen LogP contribution in [0.25, 0.3) is 0 Å². The summed E-state index contributed by atoms with van der Waals surface area (Å²) in [6, 6.07) is 5.75. The maximum Gasteiger partial charge on any atom is 0.338 e. The highest BCUT2D eigenvalue weighted by Crippen LogP contribution is 2.73. The van der Waals surface area contributed by atoms with Gasteiger partial charge in [-0.1, -0.05) is 0 Å². The van der Waals surface area contributed by atoms with Crippen molar-refractivity contribution in [1.82, 2.24) is 0 Å². The number of carbonyl (C=O) groups excluding carboxylic acids is 1. The predicted molar refractivity (Wildman–Crippen MR) is 86.4 cm³/mol. The number of ether oxygens (including phenoxy) is 1. The van der Waals surface area contributed by atoms with E-state index in [1.54, 1.807) is 0 Å². The van der Waals surface area contributed by atoms with Gasteiger partial charge in [0, 0.05) is 17.5 Å². The van der Waals surface area contributed by atoms with Gasteiger partial charge in [0.15, 0.2) is 0 Å². The van der Waals surface area contributed by atoms with E-state index in [-0.39, 0.29) is 23.2 Å². The monoisotopic (exact) mass is 327 g/mol. The van der Waals surface area contributed by atoms with Crippen LogP contribution in [0, 0.1) is 39.2 Å². The molecule has 126 valence electrons. The number of nitro benzene ring substituents is 1. The number of rotatable bonds is 3.